The minimum atomic E-state index is -3.74. The van der Waals surface area contributed by atoms with Crippen LogP contribution in [-0.2, 0) is 24.2 Å². The Hall–Kier alpha value is -3.50. The fraction of sp³-hybridized carbons (Fsp3) is 0.429. The highest BCUT2D eigenvalue weighted by molar-refractivity contribution is 7.98. The predicted octanol–water partition coefficient (Wildman–Crippen LogP) is 7.11. The molecule has 1 aliphatic heterocycles. The summed E-state index contributed by atoms with van der Waals surface area (Å²) in [5.41, 5.74) is 1.71. The summed E-state index contributed by atoms with van der Waals surface area (Å²) < 4.78 is 39.5. The quantitative estimate of drug-likeness (QED) is 0.145. The predicted molar refractivity (Wildman–Crippen MR) is 180 cm³/mol. The SMILES string of the molecule is CCCCC1(CCCC)CN(c2ccccc2)c2cc(SC)c(OCC(=O)N[C@H](C(=O)OC)c3ccccc3)cc2S(=O)(=O)C1. The van der Waals surface area contributed by atoms with E-state index in [1.165, 1.54) is 18.9 Å². The van der Waals surface area contributed by atoms with Crippen molar-refractivity contribution < 1.29 is 27.5 Å². The first-order valence-corrected chi connectivity index (χ1v) is 18.4. The van der Waals surface area contributed by atoms with Crippen LogP contribution >= 0.6 is 11.8 Å². The minimum absolute atomic E-state index is 0.0484. The van der Waals surface area contributed by atoms with Crippen molar-refractivity contribution >= 4 is 44.9 Å². The normalized spacial score (nSPS) is 15.8. The van der Waals surface area contributed by atoms with Crippen molar-refractivity contribution in [3.05, 3.63) is 78.4 Å². The molecule has 242 valence electrons. The summed E-state index contributed by atoms with van der Waals surface area (Å²) in [6, 6.07) is 21.2. The Balaban J connectivity index is 1.71. The van der Waals surface area contributed by atoms with Crippen molar-refractivity contribution in [1.82, 2.24) is 5.32 Å². The van der Waals surface area contributed by atoms with Crippen LogP contribution in [0, 0.1) is 5.41 Å². The van der Waals surface area contributed by atoms with E-state index in [4.69, 9.17) is 9.47 Å². The van der Waals surface area contributed by atoms with E-state index >= 15 is 0 Å². The Morgan fingerprint density at radius 2 is 1.60 bits per heavy atom. The summed E-state index contributed by atoms with van der Waals surface area (Å²) in [5.74, 6) is -0.793. The number of fused-ring (bicyclic) bond motifs is 1. The van der Waals surface area contributed by atoms with Gasteiger partial charge in [-0.15, -0.1) is 11.8 Å². The molecule has 0 saturated carbocycles. The molecule has 0 radical (unpaired) electrons. The minimum Gasteiger partial charge on any atom is -0.483 e. The van der Waals surface area contributed by atoms with E-state index in [2.05, 4.69) is 24.1 Å². The number of hydrogen-bond acceptors (Lipinski definition) is 8. The van der Waals surface area contributed by atoms with Crippen LogP contribution in [-0.4, -0.2) is 52.6 Å². The Labute approximate surface area is 271 Å². The van der Waals surface area contributed by atoms with Crippen molar-refractivity contribution in [2.75, 3.05) is 37.2 Å². The number of ether oxygens (including phenoxy) is 2. The highest BCUT2D eigenvalue weighted by Crippen LogP contribution is 2.47. The lowest BCUT2D eigenvalue weighted by molar-refractivity contribution is -0.145. The van der Waals surface area contributed by atoms with E-state index in [1.807, 2.05) is 48.7 Å². The van der Waals surface area contributed by atoms with E-state index < -0.39 is 39.8 Å². The number of esters is 1. The number of hydrogen-bond donors (Lipinski definition) is 1. The maximum Gasteiger partial charge on any atom is 0.333 e. The summed E-state index contributed by atoms with van der Waals surface area (Å²) >= 11 is 1.42. The van der Waals surface area contributed by atoms with Gasteiger partial charge in [-0.3, -0.25) is 4.79 Å². The van der Waals surface area contributed by atoms with Gasteiger partial charge in [-0.05, 0) is 42.9 Å². The molecule has 1 N–H and O–H groups in total. The molecule has 0 spiro atoms. The maximum absolute atomic E-state index is 14.3. The largest absolute Gasteiger partial charge is 0.483 e. The average Bonchev–Trinajstić information content (AvgIpc) is 3.15. The number of nitrogens with one attached hydrogen (secondary N) is 1. The second kappa shape index (κ2) is 15.7. The molecule has 1 heterocycles. The summed E-state index contributed by atoms with van der Waals surface area (Å²) in [7, 11) is -2.47. The monoisotopic (exact) mass is 652 g/mol. The highest BCUT2D eigenvalue weighted by atomic mass is 32.2. The molecule has 1 aliphatic rings. The molecular weight excluding hydrogens is 609 g/mol. The Kier molecular flexibility index (Phi) is 12.0. The van der Waals surface area contributed by atoms with Crippen LogP contribution < -0.4 is 15.0 Å². The lowest BCUT2D eigenvalue weighted by atomic mass is 9.79. The van der Waals surface area contributed by atoms with Gasteiger partial charge in [0.2, 0.25) is 0 Å². The topological polar surface area (TPSA) is 102 Å². The molecule has 1 atom stereocenters. The number of unbranched alkanes of at least 4 members (excludes halogenated alkanes) is 2. The number of para-hydroxylation sites is 1. The number of rotatable bonds is 14. The zero-order chi connectivity index (χ0) is 32.5. The van der Waals surface area contributed by atoms with Gasteiger partial charge in [0.05, 0.1) is 28.3 Å². The second-order valence-corrected chi connectivity index (χ2v) is 14.4. The first kappa shape index (κ1) is 34.4. The van der Waals surface area contributed by atoms with Gasteiger partial charge in [0, 0.05) is 23.7 Å². The Bertz CT molecular complexity index is 1540. The number of anilines is 2. The molecule has 10 heteroatoms. The molecule has 45 heavy (non-hydrogen) atoms. The van der Waals surface area contributed by atoms with Crippen LogP contribution in [0.5, 0.6) is 5.75 Å². The van der Waals surface area contributed by atoms with Crippen LogP contribution in [0.25, 0.3) is 0 Å². The molecule has 0 saturated heterocycles. The molecule has 4 rings (SSSR count). The van der Waals surface area contributed by atoms with E-state index in [1.54, 1.807) is 30.3 Å². The number of carbonyl (C=O) groups is 2. The van der Waals surface area contributed by atoms with Gasteiger partial charge in [-0.2, -0.15) is 0 Å². The van der Waals surface area contributed by atoms with Crippen molar-refractivity contribution in [2.45, 2.75) is 68.2 Å². The van der Waals surface area contributed by atoms with E-state index in [-0.39, 0.29) is 10.6 Å². The third-order valence-corrected chi connectivity index (χ3v) is 11.0. The molecule has 0 aliphatic carbocycles. The number of methoxy groups -OCH3 is 1. The smallest absolute Gasteiger partial charge is 0.333 e. The molecule has 0 unspecified atom stereocenters. The molecule has 3 aromatic carbocycles. The molecule has 8 nitrogen and oxygen atoms in total. The highest BCUT2D eigenvalue weighted by Gasteiger charge is 2.42. The Morgan fingerprint density at radius 3 is 2.18 bits per heavy atom. The Morgan fingerprint density at radius 1 is 0.978 bits per heavy atom. The lowest BCUT2D eigenvalue weighted by Gasteiger charge is -2.37. The van der Waals surface area contributed by atoms with Gasteiger partial charge >= 0.3 is 5.97 Å². The number of benzene rings is 3. The number of amides is 1. The summed E-state index contributed by atoms with van der Waals surface area (Å²) in [5, 5.41) is 2.69. The van der Waals surface area contributed by atoms with E-state index in [9.17, 15) is 18.0 Å². The third kappa shape index (κ3) is 8.41. The van der Waals surface area contributed by atoms with Crippen molar-refractivity contribution in [3.8, 4) is 5.75 Å². The van der Waals surface area contributed by atoms with Crippen LogP contribution in [0.3, 0.4) is 0 Å². The van der Waals surface area contributed by atoms with Crippen molar-refractivity contribution in [1.29, 1.82) is 0 Å². The zero-order valence-electron chi connectivity index (χ0n) is 26.6. The van der Waals surface area contributed by atoms with Crippen LogP contribution in [0.2, 0.25) is 0 Å². The van der Waals surface area contributed by atoms with E-state index in [0.29, 0.717) is 28.4 Å². The molecule has 3 aromatic rings. The molecular formula is C35H44N2O6S2. The fourth-order valence-electron chi connectivity index (χ4n) is 5.97. The van der Waals surface area contributed by atoms with Gasteiger partial charge < -0.3 is 19.7 Å². The van der Waals surface area contributed by atoms with E-state index in [0.717, 1.165) is 44.2 Å². The summed E-state index contributed by atoms with van der Waals surface area (Å²) in [4.78, 5) is 28.6. The maximum atomic E-state index is 14.3. The zero-order valence-corrected chi connectivity index (χ0v) is 28.2. The van der Waals surface area contributed by atoms with Crippen molar-refractivity contribution in [2.24, 2.45) is 5.41 Å². The van der Waals surface area contributed by atoms with Crippen LogP contribution in [0.4, 0.5) is 11.4 Å². The number of nitrogens with zero attached hydrogens (tertiary/aromatic N) is 1. The number of carbonyl (C=O) groups excluding carboxylic acids is 2. The average molecular weight is 653 g/mol. The molecule has 1 amide bonds. The summed E-state index contributed by atoms with van der Waals surface area (Å²) in [6.45, 7) is 4.46. The van der Waals surface area contributed by atoms with Gasteiger partial charge in [0.1, 0.15) is 5.75 Å². The third-order valence-electron chi connectivity index (χ3n) is 8.28. The van der Waals surface area contributed by atoms with Crippen LogP contribution in [0.15, 0.2) is 82.6 Å². The molecule has 0 aromatic heterocycles. The lowest BCUT2D eigenvalue weighted by Crippen LogP contribution is -2.38. The van der Waals surface area contributed by atoms with Crippen LogP contribution in [0.1, 0.15) is 64.0 Å². The number of sulfone groups is 1. The first-order valence-electron chi connectivity index (χ1n) is 15.5. The fourth-order valence-corrected chi connectivity index (χ4v) is 8.63. The van der Waals surface area contributed by atoms with Gasteiger partial charge in [-0.25, -0.2) is 13.2 Å². The van der Waals surface area contributed by atoms with Gasteiger partial charge in [-0.1, -0.05) is 88.1 Å². The summed E-state index contributed by atoms with van der Waals surface area (Å²) in [6.07, 6.45) is 7.42. The van der Waals surface area contributed by atoms with Gasteiger partial charge in [0.15, 0.2) is 22.5 Å². The molecule has 0 bridgehead atoms. The first-order chi connectivity index (χ1) is 21.7. The van der Waals surface area contributed by atoms with Crippen molar-refractivity contribution in [3.63, 3.8) is 0 Å². The number of thioether (sulfide) groups is 1. The van der Waals surface area contributed by atoms with Gasteiger partial charge in [0.25, 0.3) is 5.91 Å². The second-order valence-electron chi connectivity index (χ2n) is 11.6. The molecule has 0 fully saturated rings. The standard InChI is InChI=1S/C35H44N2O6S2/c1-5-7-19-35(20-8-6-2)24-37(27-17-13-10-14-18-27)28-21-30(44-4)29(22-31(28)45(40,41)25-35)43-23-32(38)36-33(34(39)42-3)26-15-11-9-12-16-26/h9-18,21-22,33H,5-8,19-20,23-25H2,1-4H3,(H,36,38)/t33-/m0/s1.